The summed E-state index contributed by atoms with van der Waals surface area (Å²) in [4.78, 5) is 12.6. The molecule has 0 heterocycles. The first kappa shape index (κ1) is 15.7. The molecule has 1 fully saturated rings. The van der Waals surface area contributed by atoms with Gasteiger partial charge in [0.25, 0.3) is 0 Å². The van der Waals surface area contributed by atoms with E-state index in [2.05, 4.69) is 5.32 Å². The number of hydrogen-bond acceptors (Lipinski definition) is 2. The molecule has 0 spiro atoms. The fourth-order valence-electron chi connectivity index (χ4n) is 3.49. The Morgan fingerprint density at radius 1 is 0.960 bits per heavy atom. The molecule has 2 N–H and O–H groups in total. The number of nitrogens with one attached hydrogen (secondary N) is 1. The maximum atomic E-state index is 12.6. The van der Waals surface area contributed by atoms with Crippen LogP contribution in [0.2, 0.25) is 0 Å². The van der Waals surface area contributed by atoms with Crippen molar-refractivity contribution in [3.05, 3.63) is 77.9 Å². The molecular formula is C22H21NO2. The Bertz CT molecular complexity index is 900. The van der Waals surface area contributed by atoms with Gasteiger partial charge in [-0.25, -0.2) is 0 Å². The first-order valence-electron chi connectivity index (χ1n) is 8.80. The van der Waals surface area contributed by atoms with Crippen molar-refractivity contribution in [2.75, 3.05) is 0 Å². The molecule has 3 aromatic carbocycles. The van der Waals surface area contributed by atoms with Crippen LogP contribution in [0.5, 0.6) is 5.75 Å². The van der Waals surface area contributed by atoms with E-state index in [1.165, 1.54) is 0 Å². The van der Waals surface area contributed by atoms with Crippen LogP contribution in [0.25, 0.3) is 10.8 Å². The molecule has 3 aromatic rings. The number of carbonyl (C=O) groups is 1. The number of phenolic OH excluding ortho intramolecular Hbond substituents is 1. The van der Waals surface area contributed by atoms with Crippen molar-refractivity contribution in [1.29, 1.82) is 0 Å². The summed E-state index contributed by atoms with van der Waals surface area (Å²) in [6.45, 7) is 0. The minimum Gasteiger partial charge on any atom is -0.508 e. The summed E-state index contributed by atoms with van der Waals surface area (Å²) in [5.41, 5.74) is 1.74. The molecule has 1 saturated carbocycles. The number of carbonyl (C=O) groups excluding carboxylic acids is 1. The van der Waals surface area contributed by atoms with Gasteiger partial charge in [0.1, 0.15) is 5.75 Å². The number of fused-ring (bicyclic) bond motifs is 1. The average molecular weight is 331 g/mol. The van der Waals surface area contributed by atoms with Gasteiger partial charge < -0.3 is 10.4 Å². The monoisotopic (exact) mass is 331 g/mol. The molecule has 3 heteroatoms. The van der Waals surface area contributed by atoms with Crippen LogP contribution >= 0.6 is 0 Å². The molecule has 4 rings (SSSR count). The lowest BCUT2D eigenvalue weighted by Crippen LogP contribution is -2.37. The molecular weight excluding hydrogens is 310 g/mol. The molecule has 0 radical (unpaired) electrons. The van der Waals surface area contributed by atoms with Gasteiger partial charge in [-0.3, -0.25) is 4.79 Å². The van der Waals surface area contributed by atoms with Crippen LogP contribution in [0.4, 0.5) is 0 Å². The van der Waals surface area contributed by atoms with E-state index in [0.29, 0.717) is 0 Å². The van der Waals surface area contributed by atoms with Crippen LogP contribution in [0, 0.1) is 5.92 Å². The topological polar surface area (TPSA) is 49.3 Å². The minimum atomic E-state index is -0.361. The summed E-state index contributed by atoms with van der Waals surface area (Å²) in [5, 5.41) is 15.8. The quantitative estimate of drug-likeness (QED) is 0.737. The molecule has 126 valence electrons. The molecule has 1 aliphatic rings. The van der Waals surface area contributed by atoms with Crippen LogP contribution in [0.1, 0.15) is 36.4 Å². The number of benzene rings is 3. The molecule has 0 unspecified atom stereocenters. The fourth-order valence-corrected chi connectivity index (χ4v) is 3.49. The van der Waals surface area contributed by atoms with Crippen LogP contribution in [0.3, 0.4) is 0 Å². The molecule has 0 saturated heterocycles. The molecule has 0 aromatic heterocycles. The summed E-state index contributed by atoms with van der Waals surface area (Å²) < 4.78 is 0. The number of hydrogen-bond donors (Lipinski definition) is 2. The molecule has 0 bridgehead atoms. The second kappa shape index (κ2) is 6.60. The van der Waals surface area contributed by atoms with Gasteiger partial charge in [-0.15, -0.1) is 0 Å². The molecule has 1 aliphatic carbocycles. The highest BCUT2D eigenvalue weighted by Gasteiger charge is 2.29. The van der Waals surface area contributed by atoms with Crippen molar-refractivity contribution in [3.63, 3.8) is 0 Å². The third-order valence-corrected chi connectivity index (χ3v) is 5.13. The summed E-state index contributed by atoms with van der Waals surface area (Å²) in [7, 11) is 0. The number of amides is 1. The van der Waals surface area contributed by atoms with Crippen LogP contribution in [-0.4, -0.2) is 11.0 Å². The van der Waals surface area contributed by atoms with E-state index in [9.17, 15) is 9.90 Å². The summed E-state index contributed by atoms with van der Waals surface area (Å²) >= 11 is 0. The molecule has 3 nitrogen and oxygen atoms in total. The first-order chi connectivity index (χ1) is 12.2. The maximum Gasteiger partial charge on any atom is 0.223 e. The van der Waals surface area contributed by atoms with Gasteiger partial charge in [-0.2, -0.15) is 0 Å². The largest absolute Gasteiger partial charge is 0.508 e. The van der Waals surface area contributed by atoms with Crippen LogP contribution in [0.15, 0.2) is 66.7 Å². The predicted octanol–water partition coefficient (Wildman–Crippen LogP) is 4.55. The standard InChI is InChI=1S/C22H21NO2/c24-19-14-13-15-7-4-5-12-18(15)20(19)21(16-8-2-1-3-9-16)23-22(25)17-10-6-11-17/h1-5,7-9,12-14,17,21,24H,6,10-11H2,(H,23,25)/t21-/m1/s1. The van der Waals surface area contributed by atoms with E-state index in [4.69, 9.17) is 0 Å². The zero-order valence-electron chi connectivity index (χ0n) is 14.0. The zero-order valence-corrected chi connectivity index (χ0v) is 14.0. The van der Waals surface area contributed by atoms with Gasteiger partial charge in [-0.1, -0.05) is 67.1 Å². The maximum absolute atomic E-state index is 12.6. The zero-order chi connectivity index (χ0) is 17.2. The van der Waals surface area contributed by atoms with Gasteiger partial charge >= 0.3 is 0 Å². The highest BCUT2D eigenvalue weighted by atomic mass is 16.3. The van der Waals surface area contributed by atoms with Gasteiger partial charge in [-0.05, 0) is 35.2 Å². The van der Waals surface area contributed by atoms with Gasteiger partial charge in [0.05, 0.1) is 6.04 Å². The van der Waals surface area contributed by atoms with E-state index in [1.807, 2.05) is 60.7 Å². The molecule has 0 aliphatic heterocycles. The number of rotatable bonds is 4. The van der Waals surface area contributed by atoms with Gasteiger partial charge in [0.2, 0.25) is 5.91 Å². The Morgan fingerprint density at radius 2 is 1.68 bits per heavy atom. The lowest BCUT2D eigenvalue weighted by Gasteiger charge is -2.28. The lowest BCUT2D eigenvalue weighted by molar-refractivity contribution is -0.127. The Morgan fingerprint density at radius 3 is 2.40 bits per heavy atom. The third kappa shape index (κ3) is 2.98. The summed E-state index contributed by atoms with van der Waals surface area (Å²) in [6, 6.07) is 21.1. The van der Waals surface area contributed by atoms with Crippen molar-refractivity contribution < 1.29 is 9.90 Å². The fraction of sp³-hybridized carbons (Fsp3) is 0.227. The Balaban J connectivity index is 1.83. The smallest absolute Gasteiger partial charge is 0.223 e. The van der Waals surface area contributed by atoms with Crippen molar-refractivity contribution in [3.8, 4) is 5.75 Å². The second-order valence-electron chi connectivity index (χ2n) is 6.70. The Hall–Kier alpha value is -2.81. The number of aromatic hydroxyl groups is 1. The predicted molar refractivity (Wildman–Crippen MR) is 99.4 cm³/mol. The molecule has 1 amide bonds. The number of phenols is 1. The minimum absolute atomic E-state index is 0.0763. The van der Waals surface area contributed by atoms with E-state index < -0.39 is 0 Å². The normalized spacial score (nSPS) is 15.5. The first-order valence-corrected chi connectivity index (χ1v) is 8.80. The van der Waals surface area contributed by atoms with Crippen LogP contribution < -0.4 is 5.32 Å². The lowest BCUT2D eigenvalue weighted by atomic mass is 9.84. The molecule has 25 heavy (non-hydrogen) atoms. The highest BCUT2D eigenvalue weighted by Crippen LogP contribution is 2.36. The van der Waals surface area contributed by atoms with E-state index >= 15 is 0 Å². The highest BCUT2D eigenvalue weighted by molar-refractivity contribution is 5.89. The van der Waals surface area contributed by atoms with Crippen molar-refractivity contribution in [2.24, 2.45) is 5.92 Å². The van der Waals surface area contributed by atoms with Gasteiger partial charge in [0, 0.05) is 11.5 Å². The van der Waals surface area contributed by atoms with Gasteiger partial charge in [0.15, 0.2) is 0 Å². The Labute approximate surface area is 147 Å². The van der Waals surface area contributed by atoms with Crippen molar-refractivity contribution >= 4 is 16.7 Å². The average Bonchev–Trinajstić information content (AvgIpc) is 2.59. The third-order valence-electron chi connectivity index (χ3n) is 5.13. The second-order valence-corrected chi connectivity index (χ2v) is 6.70. The Kier molecular flexibility index (Phi) is 4.14. The van der Waals surface area contributed by atoms with Crippen LogP contribution in [-0.2, 0) is 4.79 Å². The SMILES string of the molecule is O=C(N[C@H](c1ccccc1)c1c(O)ccc2ccccc12)C1CCC1. The van der Waals surface area contributed by atoms with E-state index in [1.54, 1.807) is 6.07 Å². The van der Waals surface area contributed by atoms with Crippen molar-refractivity contribution in [2.45, 2.75) is 25.3 Å². The van der Waals surface area contributed by atoms with E-state index in [-0.39, 0.29) is 23.6 Å². The van der Waals surface area contributed by atoms with Crippen molar-refractivity contribution in [1.82, 2.24) is 5.32 Å². The summed E-state index contributed by atoms with van der Waals surface area (Å²) in [6.07, 6.45) is 3.03. The summed E-state index contributed by atoms with van der Waals surface area (Å²) in [5.74, 6) is 0.386. The van der Waals surface area contributed by atoms with E-state index in [0.717, 1.165) is 41.2 Å². The molecule has 1 atom stereocenters.